The molecule has 0 bridgehead atoms. The topological polar surface area (TPSA) is 67.1 Å². The first-order valence-electron chi connectivity index (χ1n) is 5.34. The van der Waals surface area contributed by atoms with E-state index in [0.717, 1.165) is 30.3 Å². The smallest absolute Gasteiger partial charge is 0.148 e. The number of aromatic nitrogens is 2. The minimum atomic E-state index is 0.685. The zero-order chi connectivity index (χ0) is 11.5. The van der Waals surface area contributed by atoms with Crippen LogP contribution in [0.15, 0.2) is 0 Å². The highest BCUT2D eigenvalue weighted by Gasteiger charge is 2.23. The average molecular weight is 259 g/mol. The summed E-state index contributed by atoms with van der Waals surface area (Å²) in [5.41, 5.74) is 3.61. The third-order valence-electron chi connectivity index (χ3n) is 2.56. The summed E-state index contributed by atoms with van der Waals surface area (Å²) in [5.74, 6) is 5.41. The fourth-order valence-corrected chi connectivity index (χ4v) is 3.92. The SMILES string of the molecule is CC1CN(Cc2nnsc2NN)CC(C)S1. The van der Waals surface area contributed by atoms with Gasteiger partial charge in [-0.05, 0) is 0 Å². The number of nitrogens with one attached hydrogen (secondary N) is 1. The van der Waals surface area contributed by atoms with Gasteiger partial charge in [0, 0.05) is 41.7 Å². The Morgan fingerprint density at radius 2 is 2.12 bits per heavy atom. The lowest BCUT2D eigenvalue weighted by Gasteiger charge is -2.34. The molecule has 2 rings (SSSR count). The Morgan fingerprint density at radius 3 is 2.75 bits per heavy atom. The van der Waals surface area contributed by atoms with Gasteiger partial charge in [0.05, 0.1) is 0 Å². The van der Waals surface area contributed by atoms with Crippen LogP contribution in [0.4, 0.5) is 5.00 Å². The highest BCUT2D eigenvalue weighted by atomic mass is 32.2. The minimum absolute atomic E-state index is 0.685. The van der Waals surface area contributed by atoms with Crippen molar-refractivity contribution in [1.29, 1.82) is 0 Å². The van der Waals surface area contributed by atoms with E-state index in [0.29, 0.717) is 10.5 Å². The molecule has 7 heteroatoms. The first-order chi connectivity index (χ1) is 7.69. The van der Waals surface area contributed by atoms with E-state index in [2.05, 4.69) is 45.5 Å². The van der Waals surface area contributed by atoms with Crippen LogP contribution in [0.5, 0.6) is 0 Å². The van der Waals surface area contributed by atoms with Crippen LogP contribution in [0.1, 0.15) is 19.5 Å². The summed E-state index contributed by atoms with van der Waals surface area (Å²) < 4.78 is 3.91. The van der Waals surface area contributed by atoms with E-state index in [-0.39, 0.29) is 0 Å². The number of nitrogens with two attached hydrogens (primary N) is 1. The van der Waals surface area contributed by atoms with Gasteiger partial charge in [-0.3, -0.25) is 4.90 Å². The molecule has 1 fully saturated rings. The van der Waals surface area contributed by atoms with E-state index < -0.39 is 0 Å². The predicted molar refractivity (Wildman–Crippen MR) is 69.5 cm³/mol. The molecule has 1 saturated heterocycles. The van der Waals surface area contributed by atoms with Crippen LogP contribution in [0, 0.1) is 0 Å². The standard InChI is InChI=1S/C9H17N5S2/c1-6-3-14(4-7(2)15-6)5-8-9(11-10)16-13-12-8/h6-7,11H,3-5,10H2,1-2H3. The lowest BCUT2D eigenvalue weighted by atomic mass is 10.3. The molecule has 1 aliphatic rings. The van der Waals surface area contributed by atoms with Crippen LogP contribution in [0.2, 0.25) is 0 Å². The molecule has 5 nitrogen and oxygen atoms in total. The normalized spacial score (nSPS) is 26.9. The van der Waals surface area contributed by atoms with Crippen LogP contribution in [-0.4, -0.2) is 38.1 Å². The predicted octanol–water partition coefficient (Wildman–Crippen LogP) is 1.15. The molecule has 3 N–H and O–H groups in total. The maximum Gasteiger partial charge on any atom is 0.148 e. The number of hydrazine groups is 1. The molecule has 2 heterocycles. The van der Waals surface area contributed by atoms with Crippen molar-refractivity contribution in [3.8, 4) is 0 Å². The van der Waals surface area contributed by atoms with Gasteiger partial charge in [0.25, 0.3) is 0 Å². The Kier molecular flexibility index (Phi) is 4.01. The third-order valence-corrected chi connectivity index (χ3v) is 4.48. The van der Waals surface area contributed by atoms with E-state index in [1.807, 2.05) is 0 Å². The van der Waals surface area contributed by atoms with Gasteiger partial charge in [-0.15, -0.1) is 5.10 Å². The number of rotatable bonds is 3. The lowest BCUT2D eigenvalue weighted by molar-refractivity contribution is 0.260. The Balaban J connectivity index is 1.98. The number of anilines is 1. The summed E-state index contributed by atoms with van der Waals surface area (Å²) in [7, 11) is 0. The summed E-state index contributed by atoms with van der Waals surface area (Å²) >= 11 is 3.36. The Labute approximate surface area is 104 Å². The summed E-state index contributed by atoms with van der Waals surface area (Å²) in [6.07, 6.45) is 0. The minimum Gasteiger partial charge on any atom is -0.313 e. The Bertz CT molecular complexity index is 332. The molecule has 0 aliphatic carbocycles. The second kappa shape index (κ2) is 5.31. The van der Waals surface area contributed by atoms with Crippen molar-refractivity contribution < 1.29 is 0 Å². The van der Waals surface area contributed by atoms with Gasteiger partial charge in [-0.25, -0.2) is 5.84 Å². The molecule has 2 unspecified atom stereocenters. The van der Waals surface area contributed by atoms with E-state index in [1.54, 1.807) is 0 Å². The Hall–Kier alpha value is -0.370. The van der Waals surface area contributed by atoms with Crippen molar-refractivity contribution in [2.75, 3.05) is 18.5 Å². The van der Waals surface area contributed by atoms with Gasteiger partial charge in [0.2, 0.25) is 0 Å². The molecule has 16 heavy (non-hydrogen) atoms. The quantitative estimate of drug-likeness (QED) is 0.627. The van der Waals surface area contributed by atoms with Crippen molar-refractivity contribution in [2.45, 2.75) is 30.9 Å². The van der Waals surface area contributed by atoms with Gasteiger partial charge in [0.15, 0.2) is 0 Å². The molecule has 1 aliphatic heterocycles. The third kappa shape index (κ3) is 2.85. The second-order valence-corrected chi connectivity index (χ2v) is 6.78. The van der Waals surface area contributed by atoms with Crippen molar-refractivity contribution in [3.05, 3.63) is 5.69 Å². The monoisotopic (exact) mass is 259 g/mol. The van der Waals surface area contributed by atoms with Crippen molar-refractivity contribution in [1.82, 2.24) is 14.5 Å². The first-order valence-corrected chi connectivity index (χ1v) is 7.06. The summed E-state index contributed by atoms with van der Waals surface area (Å²) in [6.45, 7) is 7.60. The van der Waals surface area contributed by atoms with Gasteiger partial charge >= 0.3 is 0 Å². The van der Waals surface area contributed by atoms with Gasteiger partial charge in [0.1, 0.15) is 10.7 Å². The lowest BCUT2D eigenvalue weighted by Crippen LogP contribution is -2.40. The summed E-state index contributed by atoms with van der Waals surface area (Å²) in [5, 5.41) is 6.35. The van der Waals surface area contributed by atoms with Crippen molar-refractivity contribution >= 4 is 28.3 Å². The fraction of sp³-hybridized carbons (Fsp3) is 0.778. The number of thioether (sulfide) groups is 1. The molecule has 1 aromatic heterocycles. The van der Waals surface area contributed by atoms with Gasteiger partial charge < -0.3 is 5.43 Å². The fourth-order valence-electron chi connectivity index (χ4n) is 2.05. The zero-order valence-corrected chi connectivity index (χ0v) is 11.1. The van der Waals surface area contributed by atoms with E-state index in [9.17, 15) is 0 Å². The maximum absolute atomic E-state index is 5.41. The number of hydrogen-bond acceptors (Lipinski definition) is 7. The summed E-state index contributed by atoms with van der Waals surface area (Å²) in [6, 6.07) is 0. The molecule has 0 aromatic carbocycles. The highest BCUT2D eigenvalue weighted by molar-refractivity contribution is 8.00. The molecule has 0 amide bonds. The van der Waals surface area contributed by atoms with Crippen molar-refractivity contribution in [3.63, 3.8) is 0 Å². The highest BCUT2D eigenvalue weighted by Crippen LogP contribution is 2.27. The van der Waals surface area contributed by atoms with Crippen LogP contribution in [0.25, 0.3) is 0 Å². The van der Waals surface area contributed by atoms with E-state index in [1.165, 1.54) is 11.5 Å². The molecule has 90 valence electrons. The van der Waals surface area contributed by atoms with Gasteiger partial charge in [-0.2, -0.15) is 11.8 Å². The largest absolute Gasteiger partial charge is 0.313 e. The zero-order valence-electron chi connectivity index (χ0n) is 9.51. The molecule has 0 radical (unpaired) electrons. The van der Waals surface area contributed by atoms with E-state index >= 15 is 0 Å². The molecule has 2 atom stereocenters. The first kappa shape index (κ1) is 12.1. The van der Waals surface area contributed by atoms with Crippen LogP contribution < -0.4 is 11.3 Å². The van der Waals surface area contributed by atoms with Crippen LogP contribution in [0.3, 0.4) is 0 Å². The van der Waals surface area contributed by atoms with Crippen LogP contribution >= 0.6 is 23.3 Å². The van der Waals surface area contributed by atoms with E-state index in [4.69, 9.17) is 5.84 Å². The number of hydrogen-bond donors (Lipinski definition) is 2. The number of nitrogens with zero attached hydrogens (tertiary/aromatic N) is 3. The molecular formula is C9H17N5S2. The van der Waals surface area contributed by atoms with Crippen molar-refractivity contribution in [2.24, 2.45) is 5.84 Å². The van der Waals surface area contributed by atoms with Gasteiger partial charge in [-0.1, -0.05) is 18.3 Å². The number of nitrogen functional groups attached to an aromatic ring is 1. The second-order valence-electron chi connectivity index (χ2n) is 4.14. The molecule has 1 aromatic rings. The average Bonchev–Trinajstić information content (AvgIpc) is 2.63. The van der Waals surface area contributed by atoms with Crippen LogP contribution in [-0.2, 0) is 6.54 Å². The maximum atomic E-state index is 5.41. The Morgan fingerprint density at radius 1 is 1.44 bits per heavy atom. The molecule has 0 saturated carbocycles. The molecule has 0 spiro atoms. The summed E-state index contributed by atoms with van der Waals surface area (Å²) in [4.78, 5) is 2.42. The molecular weight excluding hydrogens is 242 g/mol.